The molecular formula is C30H36Cl2N2O5S. The molecule has 3 aliphatic rings. The van der Waals surface area contributed by atoms with Gasteiger partial charge in [-0.2, -0.15) is 0 Å². The molecule has 10 heteroatoms. The number of aliphatic carboxylic acids is 1. The van der Waals surface area contributed by atoms with Crippen LogP contribution in [0.25, 0.3) is 0 Å². The number of hydrogen-bond donors (Lipinski definition) is 2. The molecule has 2 aliphatic carbocycles. The molecule has 4 atom stereocenters. The summed E-state index contributed by atoms with van der Waals surface area (Å²) in [5.41, 5.74) is 0.479. The largest absolute Gasteiger partial charge is 0.481 e. The number of carboxylic acid groups (broad SMARTS) is 1. The number of benzene rings is 2. The zero-order valence-corrected chi connectivity index (χ0v) is 24.9. The van der Waals surface area contributed by atoms with Gasteiger partial charge in [0.15, 0.2) is 0 Å². The van der Waals surface area contributed by atoms with Crippen molar-refractivity contribution >= 4 is 45.1 Å². The number of halogens is 2. The number of carbonyl (C=O) groups excluding carboxylic acids is 1. The highest BCUT2D eigenvalue weighted by Crippen LogP contribution is 2.54. The number of sulfonamides is 1. The molecule has 2 N–H and O–H groups in total. The van der Waals surface area contributed by atoms with E-state index in [1.54, 1.807) is 30.0 Å². The first-order chi connectivity index (χ1) is 19.0. The van der Waals surface area contributed by atoms with E-state index in [4.69, 9.17) is 23.2 Å². The molecule has 2 saturated carbocycles. The van der Waals surface area contributed by atoms with Crippen LogP contribution in [0.15, 0.2) is 48.5 Å². The smallest absolute Gasteiger partial charge is 0.304 e. The zero-order valence-electron chi connectivity index (χ0n) is 22.6. The minimum atomic E-state index is -3.71. The maximum Gasteiger partial charge on any atom is 0.304 e. The predicted octanol–water partition coefficient (Wildman–Crippen LogP) is 6.17. The van der Waals surface area contributed by atoms with Crippen molar-refractivity contribution in [3.05, 3.63) is 69.7 Å². The van der Waals surface area contributed by atoms with Crippen molar-refractivity contribution in [3.63, 3.8) is 0 Å². The molecule has 0 bridgehead atoms. The van der Waals surface area contributed by atoms with Gasteiger partial charge in [0, 0.05) is 22.0 Å². The van der Waals surface area contributed by atoms with Gasteiger partial charge in [-0.25, -0.2) is 13.1 Å². The van der Waals surface area contributed by atoms with Crippen molar-refractivity contribution in [3.8, 4) is 0 Å². The van der Waals surface area contributed by atoms with Crippen molar-refractivity contribution in [1.82, 2.24) is 9.62 Å². The van der Waals surface area contributed by atoms with E-state index in [2.05, 4.69) is 4.72 Å². The molecule has 40 heavy (non-hydrogen) atoms. The summed E-state index contributed by atoms with van der Waals surface area (Å²) in [6.45, 7) is 1.70. The van der Waals surface area contributed by atoms with Crippen molar-refractivity contribution in [1.29, 1.82) is 0 Å². The molecule has 0 spiro atoms. The first-order valence-electron chi connectivity index (χ1n) is 14.0. The number of carboxylic acids is 1. The Labute approximate surface area is 246 Å². The summed E-state index contributed by atoms with van der Waals surface area (Å²) in [6, 6.07) is 13.5. The molecule has 0 aromatic heterocycles. The van der Waals surface area contributed by atoms with Gasteiger partial charge in [0.25, 0.3) is 0 Å². The third-order valence-electron chi connectivity index (χ3n) is 8.75. The van der Waals surface area contributed by atoms with Crippen LogP contribution in [0, 0.1) is 11.3 Å². The highest BCUT2D eigenvalue weighted by Gasteiger charge is 2.55. The maximum atomic E-state index is 14.5. The molecule has 0 unspecified atom stereocenters. The Balaban J connectivity index is 1.63. The number of rotatable bonds is 10. The van der Waals surface area contributed by atoms with Gasteiger partial charge in [-0.05, 0) is 73.4 Å². The Morgan fingerprint density at radius 3 is 2.33 bits per heavy atom. The molecule has 7 nitrogen and oxygen atoms in total. The summed E-state index contributed by atoms with van der Waals surface area (Å²) in [6.07, 6.45) is 5.20. The van der Waals surface area contributed by atoms with Gasteiger partial charge < -0.3 is 10.0 Å². The number of likely N-dealkylation sites (tertiary alicyclic amines) is 1. The predicted molar refractivity (Wildman–Crippen MR) is 156 cm³/mol. The van der Waals surface area contributed by atoms with E-state index in [9.17, 15) is 23.1 Å². The number of nitrogens with one attached hydrogen (secondary N) is 1. The lowest BCUT2D eigenvalue weighted by atomic mass is 9.67. The van der Waals surface area contributed by atoms with Crippen LogP contribution in [0.3, 0.4) is 0 Å². The van der Waals surface area contributed by atoms with E-state index >= 15 is 0 Å². The van der Waals surface area contributed by atoms with Crippen LogP contribution in [0.1, 0.15) is 81.4 Å². The number of piperidine rings is 1. The first kappa shape index (κ1) is 29.4. The Bertz CT molecular complexity index is 1360. The van der Waals surface area contributed by atoms with Crippen LogP contribution in [-0.4, -0.2) is 48.1 Å². The highest BCUT2D eigenvalue weighted by atomic mass is 35.5. The summed E-state index contributed by atoms with van der Waals surface area (Å²) in [7, 11) is -3.71. The Hall–Kier alpha value is -2.13. The summed E-state index contributed by atoms with van der Waals surface area (Å²) < 4.78 is 29.9. The topological polar surface area (TPSA) is 104 Å². The third kappa shape index (κ3) is 6.51. The van der Waals surface area contributed by atoms with Gasteiger partial charge in [-0.1, -0.05) is 67.2 Å². The molecule has 1 amide bonds. The van der Waals surface area contributed by atoms with Crippen LogP contribution in [0.5, 0.6) is 0 Å². The molecule has 2 aromatic rings. The summed E-state index contributed by atoms with van der Waals surface area (Å²) in [5, 5.41) is 10.9. The SMILES string of the molecule is C[C@]1(CC(=O)O)C[C@H](c2cccc(Cl)c2)[C@@H](c2ccc(Cl)cc2)N([C@H](CS(=O)(=O)NC2CCCC2)C2CC2)C1=O. The molecule has 1 aliphatic heterocycles. The zero-order chi connectivity index (χ0) is 28.7. The molecule has 2 aromatic carbocycles. The second-order valence-corrected chi connectivity index (χ2v) is 14.7. The number of carbonyl (C=O) groups is 2. The van der Waals surface area contributed by atoms with Crippen LogP contribution in [0.4, 0.5) is 0 Å². The lowest BCUT2D eigenvalue weighted by Gasteiger charge is -2.52. The summed E-state index contributed by atoms with van der Waals surface area (Å²) in [4.78, 5) is 28.2. The number of nitrogens with zero attached hydrogens (tertiary/aromatic N) is 1. The van der Waals surface area contributed by atoms with Gasteiger partial charge >= 0.3 is 5.97 Å². The monoisotopic (exact) mass is 606 g/mol. The van der Waals surface area contributed by atoms with Crippen molar-refractivity contribution in [2.45, 2.75) is 82.3 Å². The quantitative estimate of drug-likeness (QED) is 0.336. The second-order valence-electron chi connectivity index (χ2n) is 12.0. The van der Waals surface area contributed by atoms with Gasteiger partial charge in [0.05, 0.1) is 29.7 Å². The van der Waals surface area contributed by atoms with Gasteiger partial charge in [0.2, 0.25) is 15.9 Å². The standard InChI is InChI=1S/C30H36Cl2N2O5S/c1-30(17-27(35)36)16-25(21-5-4-6-23(32)15-21)28(20-11-13-22(31)14-12-20)34(29(30)37)26(19-9-10-19)18-40(38,39)33-24-7-2-3-8-24/h4-6,11-15,19,24-26,28,33H,2-3,7-10,16-18H2,1H3,(H,35,36)/t25-,26-,28-,30-/m1/s1. The Morgan fingerprint density at radius 2 is 1.73 bits per heavy atom. The molecule has 3 fully saturated rings. The van der Waals surface area contributed by atoms with Gasteiger partial charge in [0.1, 0.15) is 0 Å². The third-order valence-corrected chi connectivity index (χ3v) is 10.7. The van der Waals surface area contributed by atoms with Crippen LogP contribution in [0.2, 0.25) is 10.0 Å². The summed E-state index contributed by atoms with van der Waals surface area (Å²) in [5.74, 6) is -1.89. The second kappa shape index (κ2) is 11.6. The van der Waals surface area contributed by atoms with Crippen molar-refractivity contribution in [2.75, 3.05) is 5.75 Å². The average molecular weight is 608 g/mol. The van der Waals surface area contributed by atoms with Crippen molar-refractivity contribution < 1.29 is 23.1 Å². The van der Waals surface area contributed by atoms with Gasteiger partial charge in [-0.3, -0.25) is 9.59 Å². The molecule has 1 heterocycles. The maximum absolute atomic E-state index is 14.5. The van der Waals surface area contributed by atoms with E-state index in [-0.39, 0.29) is 42.4 Å². The fourth-order valence-electron chi connectivity index (χ4n) is 6.74. The van der Waals surface area contributed by atoms with E-state index in [1.807, 2.05) is 30.3 Å². The molecular weight excluding hydrogens is 571 g/mol. The van der Waals surface area contributed by atoms with E-state index < -0.39 is 33.5 Å². The van der Waals surface area contributed by atoms with Crippen molar-refractivity contribution in [2.24, 2.45) is 11.3 Å². The lowest BCUT2D eigenvalue weighted by molar-refractivity contribution is -0.160. The van der Waals surface area contributed by atoms with E-state index in [0.29, 0.717) is 10.0 Å². The molecule has 1 saturated heterocycles. The average Bonchev–Trinajstić information content (AvgIpc) is 3.61. The fraction of sp³-hybridized carbons (Fsp3) is 0.533. The number of amides is 1. The molecule has 0 radical (unpaired) electrons. The van der Waals surface area contributed by atoms with Gasteiger partial charge in [-0.15, -0.1) is 0 Å². The minimum Gasteiger partial charge on any atom is -0.481 e. The lowest BCUT2D eigenvalue weighted by Crippen LogP contribution is -2.58. The van der Waals surface area contributed by atoms with Crippen LogP contribution >= 0.6 is 23.2 Å². The van der Waals surface area contributed by atoms with Crippen LogP contribution < -0.4 is 4.72 Å². The minimum absolute atomic E-state index is 0.0195. The summed E-state index contributed by atoms with van der Waals surface area (Å²) >= 11 is 12.6. The Kier molecular flexibility index (Phi) is 8.54. The normalized spacial score (nSPS) is 26.7. The van der Waals surface area contributed by atoms with E-state index in [0.717, 1.165) is 49.7 Å². The van der Waals surface area contributed by atoms with E-state index in [1.165, 1.54) is 0 Å². The number of hydrogen-bond acceptors (Lipinski definition) is 4. The molecule has 5 rings (SSSR count). The molecule has 216 valence electrons. The van der Waals surface area contributed by atoms with Crippen LogP contribution in [-0.2, 0) is 19.6 Å². The first-order valence-corrected chi connectivity index (χ1v) is 16.4. The fourth-order valence-corrected chi connectivity index (χ4v) is 8.79. The Morgan fingerprint density at radius 1 is 1.05 bits per heavy atom. The highest BCUT2D eigenvalue weighted by molar-refractivity contribution is 7.89.